The van der Waals surface area contributed by atoms with Crippen LogP contribution in [0.3, 0.4) is 0 Å². The normalized spacial score (nSPS) is 24.7. The monoisotopic (exact) mass is 262 g/mol. The first-order chi connectivity index (χ1) is 8.99. The van der Waals surface area contributed by atoms with E-state index >= 15 is 0 Å². The molecule has 1 aromatic rings. The summed E-state index contributed by atoms with van der Waals surface area (Å²) in [5.74, 6) is 1.53. The Bertz CT molecular complexity index is 444. The number of methoxy groups -OCH3 is 1. The molecule has 1 aliphatic rings. The fraction of sp³-hybridized carbons (Fsp3) is 0.625. The van der Waals surface area contributed by atoms with E-state index in [2.05, 4.69) is 56.2 Å². The van der Waals surface area contributed by atoms with Gasteiger partial charge in [0.1, 0.15) is 5.75 Å². The van der Waals surface area contributed by atoms with Crippen molar-refractivity contribution in [2.45, 2.75) is 32.2 Å². The predicted octanol–water partition coefficient (Wildman–Crippen LogP) is 2.57. The molecule has 1 aliphatic heterocycles. The molecule has 0 amide bonds. The van der Waals surface area contributed by atoms with Crippen molar-refractivity contribution in [2.75, 3.05) is 33.8 Å². The van der Waals surface area contributed by atoms with Gasteiger partial charge in [-0.3, -0.25) is 4.90 Å². The van der Waals surface area contributed by atoms with Crippen LogP contribution in [0.25, 0.3) is 0 Å². The summed E-state index contributed by atoms with van der Waals surface area (Å²) in [6.45, 7) is 9.83. The van der Waals surface area contributed by atoms with Crippen molar-refractivity contribution in [1.82, 2.24) is 10.2 Å². The van der Waals surface area contributed by atoms with Crippen LogP contribution in [-0.2, 0) is 5.54 Å². The van der Waals surface area contributed by atoms with Gasteiger partial charge < -0.3 is 10.1 Å². The van der Waals surface area contributed by atoms with E-state index in [1.165, 1.54) is 11.1 Å². The zero-order chi connectivity index (χ0) is 14.0. The topological polar surface area (TPSA) is 24.5 Å². The van der Waals surface area contributed by atoms with Crippen molar-refractivity contribution >= 4 is 0 Å². The van der Waals surface area contributed by atoms with Gasteiger partial charge in [-0.2, -0.15) is 0 Å². The molecule has 1 atom stereocenters. The van der Waals surface area contributed by atoms with Gasteiger partial charge in [-0.15, -0.1) is 0 Å². The molecular weight excluding hydrogens is 236 g/mol. The second-order valence-electron chi connectivity index (χ2n) is 5.99. The quantitative estimate of drug-likeness (QED) is 0.906. The van der Waals surface area contributed by atoms with E-state index in [0.717, 1.165) is 25.4 Å². The third kappa shape index (κ3) is 2.63. The lowest BCUT2D eigenvalue weighted by Gasteiger charge is -2.44. The Morgan fingerprint density at radius 3 is 2.68 bits per heavy atom. The number of rotatable bonds is 3. The molecule has 1 unspecified atom stereocenters. The molecule has 0 bridgehead atoms. The molecule has 0 aromatic heterocycles. The zero-order valence-corrected chi connectivity index (χ0v) is 12.8. The SMILES string of the molecule is COc1ccc(C(C)C)cc1C1(C)CNCCN1C. The van der Waals surface area contributed by atoms with Gasteiger partial charge in [-0.1, -0.05) is 19.9 Å². The average molecular weight is 262 g/mol. The van der Waals surface area contributed by atoms with E-state index in [9.17, 15) is 0 Å². The molecule has 0 aliphatic carbocycles. The summed E-state index contributed by atoms with van der Waals surface area (Å²) in [7, 11) is 3.95. The summed E-state index contributed by atoms with van der Waals surface area (Å²) in [4.78, 5) is 2.42. The van der Waals surface area contributed by atoms with E-state index in [-0.39, 0.29) is 5.54 Å². The smallest absolute Gasteiger partial charge is 0.123 e. The summed E-state index contributed by atoms with van der Waals surface area (Å²) in [6.07, 6.45) is 0. The Labute approximate surface area is 116 Å². The summed E-state index contributed by atoms with van der Waals surface area (Å²) in [5, 5.41) is 3.51. The Kier molecular flexibility index (Phi) is 4.16. The number of ether oxygens (including phenoxy) is 1. The lowest BCUT2D eigenvalue weighted by molar-refractivity contribution is 0.101. The number of nitrogens with one attached hydrogen (secondary N) is 1. The highest BCUT2D eigenvalue weighted by atomic mass is 16.5. The maximum absolute atomic E-state index is 5.59. The van der Waals surface area contributed by atoms with Crippen molar-refractivity contribution in [3.63, 3.8) is 0 Å². The molecular formula is C16H26N2O. The lowest BCUT2D eigenvalue weighted by atomic mass is 9.85. The maximum atomic E-state index is 5.59. The number of benzene rings is 1. The van der Waals surface area contributed by atoms with Crippen LogP contribution in [0, 0.1) is 0 Å². The van der Waals surface area contributed by atoms with Gasteiger partial charge in [-0.05, 0) is 37.6 Å². The van der Waals surface area contributed by atoms with Gasteiger partial charge in [0, 0.05) is 25.2 Å². The van der Waals surface area contributed by atoms with Gasteiger partial charge >= 0.3 is 0 Å². The van der Waals surface area contributed by atoms with Crippen LogP contribution in [-0.4, -0.2) is 38.7 Å². The Morgan fingerprint density at radius 2 is 2.11 bits per heavy atom. The highest BCUT2D eigenvalue weighted by Gasteiger charge is 2.36. The van der Waals surface area contributed by atoms with E-state index in [0.29, 0.717) is 5.92 Å². The zero-order valence-electron chi connectivity index (χ0n) is 12.8. The number of hydrogen-bond acceptors (Lipinski definition) is 3. The predicted molar refractivity (Wildman–Crippen MR) is 79.9 cm³/mol. The minimum atomic E-state index is -0.00546. The Balaban J connectivity index is 2.48. The molecule has 0 radical (unpaired) electrons. The summed E-state index contributed by atoms with van der Waals surface area (Å²) in [6, 6.07) is 6.60. The molecule has 1 heterocycles. The molecule has 19 heavy (non-hydrogen) atoms. The molecule has 106 valence electrons. The highest BCUT2D eigenvalue weighted by molar-refractivity contribution is 5.43. The molecule has 3 heteroatoms. The van der Waals surface area contributed by atoms with Crippen molar-refractivity contribution < 1.29 is 4.74 Å². The van der Waals surface area contributed by atoms with E-state index in [4.69, 9.17) is 4.74 Å². The van der Waals surface area contributed by atoms with Gasteiger partial charge in [0.05, 0.1) is 12.6 Å². The van der Waals surface area contributed by atoms with Crippen LogP contribution >= 0.6 is 0 Å². The van der Waals surface area contributed by atoms with E-state index in [1.54, 1.807) is 7.11 Å². The van der Waals surface area contributed by atoms with Crippen molar-refractivity contribution in [3.8, 4) is 5.75 Å². The molecule has 1 saturated heterocycles. The molecule has 1 N–H and O–H groups in total. The largest absolute Gasteiger partial charge is 0.496 e. The van der Waals surface area contributed by atoms with Crippen LogP contribution in [0.1, 0.15) is 37.8 Å². The highest BCUT2D eigenvalue weighted by Crippen LogP contribution is 2.36. The van der Waals surface area contributed by atoms with E-state index < -0.39 is 0 Å². The Morgan fingerprint density at radius 1 is 1.37 bits per heavy atom. The standard InChI is InChI=1S/C16H26N2O/c1-12(2)13-6-7-15(19-5)14(10-13)16(3)11-17-8-9-18(16)4/h6-7,10,12,17H,8-9,11H2,1-5H3. The van der Waals surface area contributed by atoms with Crippen LogP contribution < -0.4 is 10.1 Å². The first-order valence-corrected chi connectivity index (χ1v) is 7.09. The van der Waals surface area contributed by atoms with Crippen molar-refractivity contribution in [1.29, 1.82) is 0 Å². The minimum Gasteiger partial charge on any atom is -0.496 e. The van der Waals surface area contributed by atoms with Gasteiger partial charge in [0.15, 0.2) is 0 Å². The number of likely N-dealkylation sites (N-methyl/N-ethyl adjacent to an activating group) is 1. The maximum Gasteiger partial charge on any atom is 0.123 e. The minimum absolute atomic E-state index is 0.00546. The van der Waals surface area contributed by atoms with Crippen molar-refractivity contribution in [2.24, 2.45) is 0 Å². The van der Waals surface area contributed by atoms with Crippen LogP contribution in [0.5, 0.6) is 5.75 Å². The van der Waals surface area contributed by atoms with Crippen LogP contribution in [0.15, 0.2) is 18.2 Å². The second-order valence-corrected chi connectivity index (χ2v) is 5.99. The number of piperazine rings is 1. The number of hydrogen-bond donors (Lipinski definition) is 1. The molecule has 1 aromatic carbocycles. The van der Waals surface area contributed by atoms with Gasteiger partial charge in [0.2, 0.25) is 0 Å². The fourth-order valence-corrected chi connectivity index (χ4v) is 2.77. The average Bonchev–Trinajstić information content (AvgIpc) is 2.41. The second kappa shape index (κ2) is 5.51. The van der Waals surface area contributed by atoms with Crippen LogP contribution in [0.4, 0.5) is 0 Å². The first-order valence-electron chi connectivity index (χ1n) is 7.09. The summed E-state index contributed by atoms with van der Waals surface area (Å²) >= 11 is 0. The third-order valence-corrected chi connectivity index (χ3v) is 4.41. The molecule has 0 saturated carbocycles. The molecule has 0 spiro atoms. The molecule has 3 nitrogen and oxygen atoms in total. The molecule has 1 fully saturated rings. The van der Waals surface area contributed by atoms with Gasteiger partial charge in [0.25, 0.3) is 0 Å². The van der Waals surface area contributed by atoms with Gasteiger partial charge in [-0.25, -0.2) is 0 Å². The summed E-state index contributed by atoms with van der Waals surface area (Å²) in [5.41, 5.74) is 2.65. The fourth-order valence-electron chi connectivity index (χ4n) is 2.77. The third-order valence-electron chi connectivity index (χ3n) is 4.41. The molecule has 2 rings (SSSR count). The Hall–Kier alpha value is -1.06. The van der Waals surface area contributed by atoms with E-state index in [1.807, 2.05) is 0 Å². The first kappa shape index (κ1) is 14.4. The number of nitrogens with zero attached hydrogens (tertiary/aromatic N) is 1. The lowest BCUT2D eigenvalue weighted by Crippen LogP contribution is -2.55. The van der Waals surface area contributed by atoms with Crippen molar-refractivity contribution in [3.05, 3.63) is 29.3 Å². The summed E-state index contributed by atoms with van der Waals surface area (Å²) < 4.78 is 5.59. The van der Waals surface area contributed by atoms with Crippen LogP contribution in [0.2, 0.25) is 0 Å².